The number of ether oxygens (including phenoxy) is 1. The predicted octanol–water partition coefficient (Wildman–Crippen LogP) is 4.15. The number of anilines is 1. The van der Waals surface area contributed by atoms with Gasteiger partial charge in [0.2, 0.25) is 5.88 Å². The van der Waals surface area contributed by atoms with Crippen LogP contribution in [0.2, 0.25) is 5.02 Å². The lowest BCUT2D eigenvalue weighted by Crippen LogP contribution is -2.14. The number of pyridine rings is 1. The summed E-state index contributed by atoms with van der Waals surface area (Å²) in [6, 6.07) is 8.45. The normalized spacial score (nSPS) is 10.2. The van der Waals surface area contributed by atoms with Gasteiger partial charge in [0.05, 0.1) is 12.2 Å². The van der Waals surface area contributed by atoms with E-state index in [9.17, 15) is 4.79 Å². The summed E-state index contributed by atoms with van der Waals surface area (Å²) in [5.41, 5.74) is 1.02. The lowest BCUT2D eigenvalue weighted by Gasteiger charge is -2.10. The highest BCUT2D eigenvalue weighted by Crippen LogP contribution is 2.25. The topological polar surface area (TPSA) is 51.2 Å². The van der Waals surface area contributed by atoms with Gasteiger partial charge in [-0.2, -0.15) is 0 Å². The first-order chi connectivity index (χ1) is 9.61. The molecule has 104 valence electrons. The van der Waals surface area contributed by atoms with Gasteiger partial charge in [0.1, 0.15) is 5.69 Å². The third kappa shape index (κ3) is 3.49. The van der Waals surface area contributed by atoms with Crippen molar-refractivity contribution in [3.8, 4) is 5.88 Å². The molecule has 6 heteroatoms. The van der Waals surface area contributed by atoms with Gasteiger partial charge in [0.25, 0.3) is 5.91 Å². The average molecular weight is 356 g/mol. The van der Waals surface area contributed by atoms with E-state index in [-0.39, 0.29) is 5.91 Å². The van der Waals surface area contributed by atoms with Crippen molar-refractivity contribution in [1.29, 1.82) is 0 Å². The minimum Gasteiger partial charge on any atom is -0.476 e. The van der Waals surface area contributed by atoms with Crippen molar-refractivity contribution < 1.29 is 9.53 Å². The second kappa shape index (κ2) is 6.72. The van der Waals surface area contributed by atoms with Gasteiger partial charge >= 0.3 is 0 Å². The van der Waals surface area contributed by atoms with E-state index in [2.05, 4.69) is 26.2 Å². The molecule has 0 saturated heterocycles. The number of amides is 1. The molecule has 2 aromatic rings. The monoisotopic (exact) mass is 354 g/mol. The standard InChI is InChI=1S/C14H12BrClN2O2/c1-2-20-14-12(4-3-7-17-14)18-13(19)10-6-5-9(16)8-11(10)15/h3-8H,2H2,1H3,(H,18,19). The van der Waals surface area contributed by atoms with Crippen LogP contribution in [0.25, 0.3) is 0 Å². The van der Waals surface area contributed by atoms with Crippen LogP contribution in [-0.4, -0.2) is 17.5 Å². The number of hydrogen-bond acceptors (Lipinski definition) is 3. The fraction of sp³-hybridized carbons (Fsp3) is 0.143. The number of aromatic nitrogens is 1. The van der Waals surface area contributed by atoms with Gasteiger partial charge in [-0.05, 0) is 53.2 Å². The molecule has 0 atom stereocenters. The molecule has 0 aliphatic rings. The Labute approximate surface area is 130 Å². The number of rotatable bonds is 4. The Morgan fingerprint density at radius 3 is 2.95 bits per heavy atom. The Morgan fingerprint density at radius 2 is 2.25 bits per heavy atom. The Kier molecular flexibility index (Phi) is 4.98. The zero-order chi connectivity index (χ0) is 14.5. The van der Waals surface area contributed by atoms with E-state index in [1.54, 1.807) is 36.5 Å². The smallest absolute Gasteiger partial charge is 0.256 e. The molecule has 0 bridgehead atoms. The summed E-state index contributed by atoms with van der Waals surface area (Å²) in [7, 11) is 0. The molecular weight excluding hydrogens is 344 g/mol. The zero-order valence-electron chi connectivity index (χ0n) is 10.7. The summed E-state index contributed by atoms with van der Waals surface area (Å²) in [4.78, 5) is 16.3. The van der Waals surface area contributed by atoms with E-state index in [1.165, 1.54) is 0 Å². The molecule has 1 aromatic heterocycles. The molecule has 0 unspecified atom stereocenters. The Morgan fingerprint density at radius 1 is 1.45 bits per heavy atom. The lowest BCUT2D eigenvalue weighted by atomic mass is 10.2. The van der Waals surface area contributed by atoms with Crippen LogP contribution in [-0.2, 0) is 0 Å². The van der Waals surface area contributed by atoms with Crippen LogP contribution < -0.4 is 10.1 Å². The first kappa shape index (κ1) is 14.8. The van der Waals surface area contributed by atoms with Crippen LogP contribution in [0.4, 0.5) is 5.69 Å². The van der Waals surface area contributed by atoms with E-state index in [4.69, 9.17) is 16.3 Å². The number of carbonyl (C=O) groups excluding carboxylic acids is 1. The largest absolute Gasteiger partial charge is 0.476 e. The molecule has 1 aromatic carbocycles. The Balaban J connectivity index is 2.23. The molecular formula is C14H12BrClN2O2. The summed E-state index contributed by atoms with van der Waals surface area (Å²) >= 11 is 9.17. The number of nitrogens with zero attached hydrogens (tertiary/aromatic N) is 1. The molecule has 0 fully saturated rings. The zero-order valence-corrected chi connectivity index (χ0v) is 13.0. The fourth-order valence-electron chi connectivity index (χ4n) is 1.60. The summed E-state index contributed by atoms with van der Waals surface area (Å²) < 4.78 is 5.99. The number of nitrogens with one attached hydrogen (secondary N) is 1. The van der Waals surface area contributed by atoms with Crippen molar-refractivity contribution in [3.05, 3.63) is 51.6 Å². The van der Waals surface area contributed by atoms with Crippen molar-refractivity contribution in [2.45, 2.75) is 6.92 Å². The SMILES string of the molecule is CCOc1ncccc1NC(=O)c1ccc(Cl)cc1Br. The Hall–Kier alpha value is -1.59. The summed E-state index contributed by atoms with van der Waals surface area (Å²) in [5.74, 6) is 0.135. The van der Waals surface area contributed by atoms with E-state index < -0.39 is 0 Å². The van der Waals surface area contributed by atoms with Crippen LogP contribution in [0.3, 0.4) is 0 Å². The van der Waals surface area contributed by atoms with Crippen molar-refractivity contribution in [2.24, 2.45) is 0 Å². The van der Waals surface area contributed by atoms with Gasteiger partial charge in [0, 0.05) is 15.7 Å². The fourth-order valence-corrected chi connectivity index (χ4v) is 2.46. The first-order valence-electron chi connectivity index (χ1n) is 5.96. The molecule has 20 heavy (non-hydrogen) atoms. The molecule has 0 aliphatic carbocycles. The maximum absolute atomic E-state index is 12.2. The van der Waals surface area contributed by atoms with Gasteiger partial charge in [-0.25, -0.2) is 4.98 Å². The van der Waals surface area contributed by atoms with Crippen LogP contribution >= 0.6 is 27.5 Å². The summed E-state index contributed by atoms with van der Waals surface area (Å²) in [6.45, 7) is 2.33. The summed E-state index contributed by atoms with van der Waals surface area (Å²) in [6.07, 6.45) is 1.61. The second-order valence-corrected chi connectivity index (χ2v) is 5.16. The minimum absolute atomic E-state index is 0.262. The quantitative estimate of drug-likeness (QED) is 0.896. The van der Waals surface area contributed by atoms with Gasteiger partial charge < -0.3 is 10.1 Å². The molecule has 4 nitrogen and oxygen atoms in total. The van der Waals surface area contributed by atoms with E-state index in [0.29, 0.717) is 33.2 Å². The van der Waals surface area contributed by atoms with Crippen molar-refractivity contribution in [2.75, 3.05) is 11.9 Å². The third-order valence-corrected chi connectivity index (χ3v) is 3.37. The third-order valence-electron chi connectivity index (χ3n) is 2.48. The molecule has 1 N–H and O–H groups in total. The second-order valence-electron chi connectivity index (χ2n) is 3.87. The molecule has 0 spiro atoms. The van der Waals surface area contributed by atoms with Crippen molar-refractivity contribution in [1.82, 2.24) is 4.98 Å². The van der Waals surface area contributed by atoms with E-state index in [1.807, 2.05) is 6.92 Å². The highest BCUT2D eigenvalue weighted by Gasteiger charge is 2.13. The van der Waals surface area contributed by atoms with Crippen molar-refractivity contribution in [3.63, 3.8) is 0 Å². The summed E-state index contributed by atoms with van der Waals surface area (Å²) in [5, 5.41) is 3.33. The van der Waals surface area contributed by atoms with Crippen LogP contribution in [0.1, 0.15) is 17.3 Å². The maximum Gasteiger partial charge on any atom is 0.256 e. The van der Waals surface area contributed by atoms with Gasteiger partial charge in [-0.1, -0.05) is 11.6 Å². The Bertz CT molecular complexity index is 634. The van der Waals surface area contributed by atoms with Gasteiger partial charge in [-0.15, -0.1) is 0 Å². The van der Waals surface area contributed by atoms with Crippen LogP contribution in [0.15, 0.2) is 41.0 Å². The highest BCUT2D eigenvalue weighted by atomic mass is 79.9. The molecule has 1 amide bonds. The van der Waals surface area contributed by atoms with E-state index in [0.717, 1.165) is 0 Å². The minimum atomic E-state index is -0.262. The molecule has 0 saturated carbocycles. The van der Waals surface area contributed by atoms with Crippen LogP contribution in [0, 0.1) is 0 Å². The van der Waals surface area contributed by atoms with Crippen LogP contribution in [0.5, 0.6) is 5.88 Å². The number of halogens is 2. The average Bonchev–Trinajstić information content (AvgIpc) is 2.41. The molecule has 0 aliphatic heterocycles. The lowest BCUT2D eigenvalue weighted by molar-refractivity contribution is 0.102. The van der Waals surface area contributed by atoms with E-state index >= 15 is 0 Å². The number of hydrogen-bond donors (Lipinski definition) is 1. The van der Waals surface area contributed by atoms with Gasteiger partial charge in [0.15, 0.2) is 0 Å². The van der Waals surface area contributed by atoms with Crippen molar-refractivity contribution >= 4 is 39.1 Å². The number of carbonyl (C=O) groups is 1. The highest BCUT2D eigenvalue weighted by molar-refractivity contribution is 9.10. The molecule has 2 rings (SSSR count). The predicted molar refractivity (Wildman–Crippen MR) is 82.5 cm³/mol. The van der Waals surface area contributed by atoms with Gasteiger partial charge in [-0.3, -0.25) is 4.79 Å². The number of benzene rings is 1. The molecule has 0 radical (unpaired) electrons. The molecule has 1 heterocycles. The first-order valence-corrected chi connectivity index (χ1v) is 7.13. The maximum atomic E-state index is 12.2.